The molecule has 2 aliphatic rings. The van der Waals surface area contributed by atoms with Crippen LogP contribution in [0.15, 0.2) is 0 Å². The Labute approximate surface area is 115 Å². The number of fused-ring (bicyclic) bond motifs is 1. The summed E-state index contributed by atoms with van der Waals surface area (Å²) in [6, 6.07) is -2.02. The second kappa shape index (κ2) is 5.20. The zero-order chi connectivity index (χ0) is 15.0. The lowest BCUT2D eigenvalue weighted by Crippen LogP contribution is -2.48. The largest absolute Gasteiger partial charge is 0.468 e. The minimum absolute atomic E-state index is 0.201. The molecular formula is C12H16N2O6. The number of likely N-dealkylation sites (tertiary alicyclic amines) is 1. The van der Waals surface area contributed by atoms with E-state index in [4.69, 9.17) is 0 Å². The maximum Gasteiger partial charge on any atom is 0.323 e. The Morgan fingerprint density at radius 2 is 1.45 bits per heavy atom. The van der Waals surface area contributed by atoms with Crippen LogP contribution in [-0.4, -0.2) is 61.5 Å². The molecule has 0 bridgehead atoms. The lowest BCUT2D eigenvalue weighted by molar-refractivity contribution is -0.150. The summed E-state index contributed by atoms with van der Waals surface area (Å²) in [5.74, 6) is -4.11. The highest BCUT2D eigenvalue weighted by Gasteiger charge is 2.62. The Morgan fingerprint density at radius 3 is 1.75 bits per heavy atom. The molecule has 20 heavy (non-hydrogen) atoms. The fourth-order valence-electron chi connectivity index (χ4n) is 2.87. The van der Waals surface area contributed by atoms with Gasteiger partial charge >= 0.3 is 11.9 Å². The van der Waals surface area contributed by atoms with Crippen LogP contribution in [0, 0.1) is 11.8 Å². The Morgan fingerprint density at radius 1 is 1.05 bits per heavy atom. The second-order valence-electron chi connectivity index (χ2n) is 4.64. The van der Waals surface area contributed by atoms with Gasteiger partial charge in [0, 0.05) is 6.54 Å². The molecule has 2 heterocycles. The van der Waals surface area contributed by atoms with Crippen molar-refractivity contribution in [2.45, 2.75) is 19.0 Å². The molecule has 2 fully saturated rings. The van der Waals surface area contributed by atoms with Crippen molar-refractivity contribution in [1.82, 2.24) is 10.2 Å². The van der Waals surface area contributed by atoms with E-state index in [2.05, 4.69) is 14.8 Å². The van der Waals surface area contributed by atoms with E-state index < -0.39 is 47.7 Å². The number of amides is 2. The van der Waals surface area contributed by atoms with E-state index in [9.17, 15) is 19.2 Å². The Hall–Kier alpha value is -1.96. The van der Waals surface area contributed by atoms with Crippen molar-refractivity contribution in [3.63, 3.8) is 0 Å². The van der Waals surface area contributed by atoms with Gasteiger partial charge in [-0.05, 0) is 6.92 Å². The fourth-order valence-corrected chi connectivity index (χ4v) is 2.87. The van der Waals surface area contributed by atoms with E-state index in [1.54, 1.807) is 6.92 Å². The molecule has 0 aromatic carbocycles. The van der Waals surface area contributed by atoms with Crippen molar-refractivity contribution in [3.8, 4) is 0 Å². The van der Waals surface area contributed by atoms with Crippen LogP contribution in [0.1, 0.15) is 6.92 Å². The van der Waals surface area contributed by atoms with Crippen LogP contribution in [0.3, 0.4) is 0 Å². The van der Waals surface area contributed by atoms with Gasteiger partial charge in [0.25, 0.3) is 0 Å². The molecule has 110 valence electrons. The van der Waals surface area contributed by atoms with E-state index in [0.717, 1.165) is 4.90 Å². The van der Waals surface area contributed by atoms with Gasteiger partial charge in [0.05, 0.1) is 26.1 Å². The second-order valence-corrected chi connectivity index (χ2v) is 4.64. The molecule has 2 saturated heterocycles. The number of methoxy groups -OCH3 is 2. The molecule has 0 unspecified atom stereocenters. The third-order valence-corrected chi connectivity index (χ3v) is 3.79. The summed E-state index contributed by atoms with van der Waals surface area (Å²) in [4.78, 5) is 49.0. The zero-order valence-corrected chi connectivity index (χ0v) is 11.4. The summed E-state index contributed by atoms with van der Waals surface area (Å²) in [5.41, 5.74) is 0. The maximum absolute atomic E-state index is 12.2. The van der Waals surface area contributed by atoms with Crippen molar-refractivity contribution in [2.75, 3.05) is 20.8 Å². The number of imide groups is 1. The smallest absolute Gasteiger partial charge is 0.323 e. The van der Waals surface area contributed by atoms with Gasteiger partial charge in [-0.25, -0.2) is 0 Å². The highest BCUT2D eigenvalue weighted by molar-refractivity contribution is 6.10. The van der Waals surface area contributed by atoms with Gasteiger partial charge in [-0.2, -0.15) is 0 Å². The third kappa shape index (κ3) is 1.87. The van der Waals surface area contributed by atoms with Crippen molar-refractivity contribution in [2.24, 2.45) is 11.8 Å². The summed E-state index contributed by atoms with van der Waals surface area (Å²) in [5, 5.41) is 2.68. The topological polar surface area (TPSA) is 102 Å². The van der Waals surface area contributed by atoms with E-state index in [-0.39, 0.29) is 6.54 Å². The Kier molecular flexibility index (Phi) is 3.76. The summed E-state index contributed by atoms with van der Waals surface area (Å²) in [6.07, 6.45) is 0. The van der Waals surface area contributed by atoms with Crippen LogP contribution in [0.5, 0.6) is 0 Å². The molecule has 0 aromatic heterocycles. The van der Waals surface area contributed by atoms with Crippen molar-refractivity contribution < 1.29 is 28.7 Å². The number of rotatable bonds is 3. The number of ether oxygens (including phenoxy) is 2. The average molecular weight is 284 g/mol. The first-order chi connectivity index (χ1) is 9.47. The zero-order valence-electron chi connectivity index (χ0n) is 11.4. The van der Waals surface area contributed by atoms with Gasteiger partial charge in [-0.1, -0.05) is 0 Å². The normalized spacial score (nSPS) is 32.2. The highest BCUT2D eigenvalue weighted by Crippen LogP contribution is 2.37. The van der Waals surface area contributed by atoms with Gasteiger partial charge in [-0.15, -0.1) is 0 Å². The quantitative estimate of drug-likeness (QED) is 0.486. The molecule has 2 rings (SSSR count). The van der Waals surface area contributed by atoms with Crippen LogP contribution in [0.4, 0.5) is 0 Å². The molecule has 2 aliphatic heterocycles. The van der Waals surface area contributed by atoms with Crippen molar-refractivity contribution in [1.29, 1.82) is 0 Å². The molecule has 0 radical (unpaired) electrons. The summed E-state index contributed by atoms with van der Waals surface area (Å²) in [7, 11) is 2.37. The first kappa shape index (κ1) is 14.4. The number of carbonyl (C=O) groups is 4. The number of carbonyl (C=O) groups excluding carboxylic acids is 4. The van der Waals surface area contributed by atoms with Gasteiger partial charge in [-0.3, -0.25) is 29.4 Å². The first-order valence-electron chi connectivity index (χ1n) is 6.24. The standard InChI is InChI=1S/C12H16N2O6/c1-4-14-9(15)5-6(10(14)16)8(12(18)20-3)13-7(5)11(17)19-2/h5-8,13H,4H2,1-3H3/t5-,6+,7+,8-. The number of esters is 2. The maximum atomic E-state index is 12.2. The van der Waals surface area contributed by atoms with Crippen molar-refractivity contribution in [3.05, 3.63) is 0 Å². The third-order valence-electron chi connectivity index (χ3n) is 3.79. The van der Waals surface area contributed by atoms with Crippen molar-refractivity contribution >= 4 is 23.8 Å². The molecule has 1 N–H and O–H groups in total. The predicted molar refractivity (Wildman–Crippen MR) is 64.1 cm³/mol. The van der Waals surface area contributed by atoms with Crippen LogP contribution in [-0.2, 0) is 28.7 Å². The number of nitrogens with one attached hydrogen (secondary N) is 1. The molecule has 4 atom stereocenters. The van der Waals surface area contributed by atoms with Crippen LogP contribution in [0.2, 0.25) is 0 Å². The molecule has 8 nitrogen and oxygen atoms in total. The molecule has 0 spiro atoms. The van der Waals surface area contributed by atoms with Crippen LogP contribution < -0.4 is 5.32 Å². The summed E-state index contributed by atoms with van der Waals surface area (Å²) >= 11 is 0. The van der Waals surface area contributed by atoms with E-state index in [0.29, 0.717) is 0 Å². The van der Waals surface area contributed by atoms with E-state index >= 15 is 0 Å². The molecule has 0 saturated carbocycles. The van der Waals surface area contributed by atoms with Gasteiger partial charge in [0.1, 0.15) is 12.1 Å². The number of hydrogen-bond donors (Lipinski definition) is 1. The molecule has 0 aromatic rings. The number of nitrogens with zero attached hydrogens (tertiary/aromatic N) is 1. The lowest BCUT2D eigenvalue weighted by atomic mass is 9.89. The number of hydrogen-bond acceptors (Lipinski definition) is 7. The van der Waals surface area contributed by atoms with E-state index in [1.807, 2.05) is 0 Å². The average Bonchev–Trinajstić information content (AvgIpc) is 2.95. The monoisotopic (exact) mass is 284 g/mol. The molecule has 0 aliphatic carbocycles. The Balaban J connectivity index is 2.39. The van der Waals surface area contributed by atoms with Crippen LogP contribution in [0.25, 0.3) is 0 Å². The SMILES string of the molecule is CCN1C(=O)[C@@H]2[C@H](C1=O)[C@H](C(=O)OC)N[C@@H]2C(=O)OC. The fraction of sp³-hybridized carbons (Fsp3) is 0.667. The minimum Gasteiger partial charge on any atom is -0.468 e. The predicted octanol–water partition coefficient (Wildman–Crippen LogP) is -1.71. The van der Waals surface area contributed by atoms with E-state index in [1.165, 1.54) is 14.2 Å². The van der Waals surface area contributed by atoms with Gasteiger partial charge in [0.2, 0.25) is 11.8 Å². The Bertz CT molecular complexity index is 437. The minimum atomic E-state index is -1.01. The van der Waals surface area contributed by atoms with Gasteiger partial charge in [0.15, 0.2) is 0 Å². The molecule has 8 heteroatoms. The van der Waals surface area contributed by atoms with Crippen LogP contribution >= 0.6 is 0 Å². The molecule has 2 amide bonds. The highest BCUT2D eigenvalue weighted by atomic mass is 16.5. The lowest BCUT2D eigenvalue weighted by Gasteiger charge is -2.19. The first-order valence-corrected chi connectivity index (χ1v) is 6.24. The van der Waals surface area contributed by atoms with Gasteiger partial charge < -0.3 is 9.47 Å². The summed E-state index contributed by atoms with van der Waals surface area (Å²) in [6.45, 7) is 1.86. The molecular weight excluding hydrogens is 268 g/mol. The summed E-state index contributed by atoms with van der Waals surface area (Å²) < 4.78 is 9.24.